The van der Waals surface area contributed by atoms with Gasteiger partial charge >= 0.3 is 0 Å². The molecule has 0 fully saturated rings. The van der Waals surface area contributed by atoms with E-state index in [0.29, 0.717) is 71.9 Å². The predicted octanol–water partition coefficient (Wildman–Crippen LogP) is 9.71. The molecule has 15 heteroatoms. The number of aliphatic hydroxyl groups excluding tert-OH is 2. The summed E-state index contributed by atoms with van der Waals surface area (Å²) in [4.78, 5) is 60.9. The maximum absolute atomic E-state index is 10.8. The SMILES string of the molecule is CCCC(=O)C=C(O)OCC.CCCC(=O)C=C(O)OCC.[Hf].c1ccc2c(c1)-c1nc-2nc2[n-]c(nc3nc(nc4[n-]c(n1)c1ccccc41)-c1ccccc1-3)c1ccccc21. The third kappa shape index (κ3) is 10.6. The van der Waals surface area contributed by atoms with Crippen molar-refractivity contribution >= 4 is 55.7 Å². The monoisotopic (exact) mass is 1010 g/mol. The summed E-state index contributed by atoms with van der Waals surface area (Å²) in [6, 6.07) is 31.8. The number of benzene rings is 4. The molecule has 0 amide bonds. The van der Waals surface area contributed by atoms with E-state index >= 15 is 0 Å². The molecule has 2 N–H and O–H groups in total. The number of hydrogen-bond acceptors (Lipinski definition) is 12. The molecule has 0 spiro atoms. The van der Waals surface area contributed by atoms with Gasteiger partial charge in [-0.1, -0.05) is 111 Å². The number of rotatable bonds is 10. The van der Waals surface area contributed by atoms with Crippen LogP contribution in [0.4, 0.5) is 0 Å². The van der Waals surface area contributed by atoms with E-state index in [1.54, 1.807) is 13.8 Å². The van der Waals surface area contributed by atoms with Crippen LogP contribution in [0.5, 0.6) is 0 Å². The van der Waals surface area contributed by atoms with E-state index in [-0.39, 0.29) is 49.3 Å². The van der Waals surface area contributed by atoms with Crippen LogP contribution in [0.25, 0.3) is 89.7 Å². The molecule has 8 bridgehead atoms. The van der Waals surface area contributed by atoms with Crippen LogP contribution in [0.15, 0.2) is 121 Å². The number of aromatic nitrogens is 8. The third-order valence-corrected chi connectivity index (χ3v) is 9.48. The summed E-state index contributed by atoms with van der Waals surface area (Å²) in [6.07, 6.45) is 4.72. The second-order valence-corrected chi connectivity index (χ2v) is 13.9. The summed E-state index contributed by atoms with van der Waals surface area (Å²) in [7, 11) is 0. The normalized spacial score (nSPS) is 11.6. The molecule has 14 nitrogen and oxygen atoms in total. The van der Waals surface area contributed by atoms with Crippen LogP contribution in [0.1, 0.15) is 53.4 Å². The number of ketones is 2. The van der Waals surface area contributed by atoms with E-state index < -0.39 is 0 Å². The molecule has 2 aliphatic heterocycles. The maximum atomic E-state index is 10.8. The van der Waals surface area contributed by atoms with Crippen LogP contribution in [0.3, 0.4) is 0 Å². The number of allylic oxidation sites excluding steroid dienone is 2. The molecule has 318 valence electrons. The third-order valence-electron chi connectivity index (χ3n) is 9.48. The van der Waals surface area contributed by atoms with E-state index in [2.05, 4.69) is 9.47 Å². The first-order chi connectivity index (χ1) is 30.2. The molecule has 0 unspecified atom stereocenters. The van der Waals surface area contributed by atoms with E-state index in [1.165, 1.54) is 0 Å². The van der Waals surface area contributed by atoms with Crippen molar-refractivity contribution in [1.29, 1.82) is 0 Å². The Bertz CT molecular complexity index is 2660. The van der Waals surface area contributed by atoms with Crippen LogP contribution in [0, 0.1) is 0 Å². The molecule has 7 aromatic rings. The molecule has 0 atom stereocenters. The summed E-state index contributed by atoms with van der Waals surface area (Å²) in [6.45, 7) is 8.05. The van der Waals surface area contributed by atoms with Gasteiger partial charge in [-0.2, -0.15) is 0 Å². The summed E-state index contributed by atoms with van der Waals surface area (Å²) >= 11 is 0. The van der Waals surface area contributed by atoms with Crippen LogP contribution in [-0.2, 0) is 44.9 Å². The molecule has 2 aliphatic rings. The van der Waals surface area contributed by atoms with Gasteiger partial charge < -0.3 is 49.6 Å². The van der Waals surface area contributed by atoms with Gasteiger partial charge in [-0.3, -0.25) is 9.59 Å². The second-order valence-electron chi connectivity index (χ2n) is 13.9. The largest absolute Gasteiger partial charge is 0.481 e. The first-order valence-corrected chi connectivity index (χ1v) is 20.4. The number of aliphatic hydroxyl groups is 2. The van der Waals surface area contributed by atoms with Gasteiger partial charge in [0.05, 0.1) is 48.7 Å². The fourth-order valence-electron chi connectivity index (χ4n) is 6.75. The van der Waals surface area contributed by atoms with Crippen molar-refractivity contribution in [2.75, 3.05) is 13.2 Å². The minimum Gasteiger partial charge on any atom is -0.481 e. The molecule has 63 heavy (non-hydrogen) atoms. The fourth-order valence-corrected chi connectivity index (χ4v) is 6.75. The van der Waals surface area contributed by atoms with Gasteiger partial charge in [-0.05, 0) is 48.2 Å². The number of nitrogens with zero attached hydrogens (tertiary/aromatic N) is 8. The number of fused-ring (bicyclic) bond motifs is 20. The first-order valence-electron chi connectivity index (χ1n) is 20.4. The Morgan fingerprint density at radius 2 is 0.746 bits per heavy atom. The maximum Gasteiger partial charge on any atom is 0.280 e. The molecule has 0 aliphatic carbocycles. The van der Waals surface area contributed by atoms with Crippen LogP contribution in [0.2, 0.25) is 0 Å². The van der Waals surface area contributed by atoms with E-state index in [4.69, 9.17) is 50.1 Å². The molecule has 3 aromatic heterocycles. The minimum absolute atomic E-state index is 0. The number of carbonyl (C=O) groups excluding carboxylic acids is 2. The number of carbonyl (C=O) groups is 2. The Balaban J connectivity index is 0.000000240. The number of hydrogen-bond donors (Lipinski definition) is 2. The van der Waals surface area contributed by atoms with Gasteiger partial charge in [0.1, 0.15) is 0 Å². The van der Waals surface area contributed by atoms with Crippen molar-refractivity contribution < 1.29 is 55.1 Å². The van der Waals surface area contributed by atoms with E-state index in [9.17, 15) is 9.59 Å². The zero-order valence-corrected chi connectivity index (χ0v) is 38.8. The Morgan fingerprint density at radius 1 is 0.476 bits per heavy atom. The summed E-state index contributed by atoms with van der Waals surface area (Å²) in [5.41, 5.74) is 5.78. The van der Waals surface area contributed by atoms with Gasteiger partial charge in [0.15, 0.2) is 11.6 Å². The summed E-state index contributed by atoms with van der Waals surface area (Å²) in [5, 5.41) is 21.3. The zero-order valence-electron chi connectivity index (χ0n) is 35.2. The van der Waals surface area contributed by atoms with Gasteiger partial charge in [0.2, 0.25) is 0 Å². The molecule has 0 radical (unpaired) electrons. The average Bonchev–Trinajstić information content (AvgIpc) is 4.00. The smallest absolute Gasteiger partial charge is 0.280 e. The first kappa shape index (κ1) is 45.7. The van der Waals surface area contributed by atoms with Crippen molar-refractivity contribution in [2.24, 2.45) is 0 Å². The van der Waals surface area contributed by atoms with E-state index in [1.807, 2.05) is 111 Å². The van der Waals surface area contributed by atoms with Crippen LogP contribution in [-0.4, -0.2) is 64.9 Å². The molecule has 5 heterocycles. The van der Waals surface area contributed by atoms with Crippen LogP contribution < -0.4 is 9.97 Å². The Kier molecular flexibility index (Phi) is 15.4. The van der Waals surface area contributed by atoms with Crippen molar-refractivity contribution in [2.45, 2.75) is 53.4 Å². The van der Waals surface area contributed by atoms with E-state index in [0.717, 1.165) is 68.8 Å². The second kappa shape index (κ2) is 21.3. The van der Waals surface area contributed by atoms with Gasteiger partial charge in [-0.15, -0.1) is 0 Å². The van der Waals surface area contributed by atoms with Gasteiger partial charge in [-0.25, -0.2) is 9.97 Å². The quantitative estimate of drug-likeness (QED) is 0.0746. The fraction of sp³-hybridized carbons (Fsp3) is 0.208. The Labute approximate surface area is 382 Å². The van der Waals surface area contributed by atoms with Gasteiger partial charge in [0, 0.05) is 83.5 Å². The standard InChI is InChI=1S/C32H16N8.2C8H14O3.Hf/c1-2-10-18-17(9-1)25-33-26(18)38-28-21-13-5-6-14-22(21)30(35-28)40-32-24-16-8-7-15-23(24)31(36-32)39-29-20-12-4-3-11-19(20)27(34-29)37-25;2*1-3-5-7(9)6-8(10)11-4-2;/h1-16H;2*6,10H,3-5H2,1-2H3;/q-2;;;. The van der Waals surface area contributed by atoms with Crippen molar-refractivity contribution in [3.05, 3.63) is 121 Å². The average molecular weight is 1010 g/mol. The van der Waals surface area contributed by atoms with Gasteiger partial charge in [0.25, 0.3) is 11.9 Å². The molecule has 9 rings (SSSR count). The molecule has 4 aromatic carbocycles. The molecular weight excluding hydrogens is 963 g/mol. The van der Waals surface area contributed by atoms with Crippen molar-refractivity contribution in [3.63, 3.8) is 0 Å². The molecular formula is C48H44HfN8O6-2. The minimum atomic E-state index is -0.286. The van der Waals surface area contributed by atoms with Crippen molar-refractivity contribution in [1.82, 2.24) is 39.9 Å². The summed E-state index contributed by atoms with van der Waals surface area (Å²) in [5.74, 6) is 1.44. The topological polar surface area (TPSA) is 199 Å². The predicted molar refractivity (Wildman–Crippen MR) is 238 cm³/mol. The summed E-state index contributed by atoms with van der Waals surface area (Å²) < 4.78 is 9.31. The zero-order chi connectivity index (χ0) is 43.6. The van der Waals surface area contributed by atoms with Crippen molar-refractivity contribution in [3.8, 4) is 45.6 Å². The van der Waals surface area contributed by atoms with Crippen LogP contribution >= 0.6 is 0 Å². The Morgan fingerprint density at radius 3 is 1.00 bits per heavy atom. The molecule has 0 saturated heterocycles. The molecule has 0 saturated carbocycles. The number of ether oxygens (including phenoxy) is 2. The Hall–Kier alpha value is -6.87.